The molecular weight excluding hydrogens is 315 g/mol. The van der Waals surface area contributed by atoms with Crippen molar-refractivity contribution in [3.8, 4) is 0 Å². The molecule has 7 heteroatoms. The second-order valence-electron chi connectivity index (χ2n) is 5.49. The van der Waals surface area contributed by atoms with E-state index >= 15 is 0 Å². The first kappa shape index (κ1) is 13.1. The van der Waals surface area contributed by atoms with Crippen LogP contribution in [0.3, 0.4) is 0 Å². The Labute approximate surface area is 131 Å². The van der Waals surface area contributed by atoms with Crippen molar-refractivity contribution in [1.29, 1.82) is 0 Å². The highest BCUT2D eigenvalue weighted by Crippen LogP contribution is 2.40. The minimum Gasteiger partial charge on any atom is -0.366 e. The highest BCUT2D eigenvalue weighted by atomic mass is 35.5. The molecule has 4 nitrogen and oxygen atoms in total. The Balaban J connectivity index is 1.75. The van der Waals surface area contributed by atoms with E-state index in [0.717, 1.165) is 42.3 Å². The fraction of sp³-hybridized carbons (Fsp3) is 0.538. The number of halogens is 2. The molecule has 2 fully saturated rings. The maximum absolute atomic E-state index is 6.43. The molecule has 1 N–H and O–H groups in total. The lowest BCUT2D eigenvalue weighted by molar-refractivity contribution is 0.419. The molecule has 2 aromatic rings. The molecule has 1 aliphatic carbocycles. The van der Waals surface area contributed by atoms with Gasteiger partial charge in [-0.1, -0.05) is 23.2 Å². The van der Waals surface area contributed by atoms with Crippen LogP contribution in [0.4, 0.5) is 5.69 Å². The third kappa shape index (κ3) is 2.17. The number of hydrogen-bond donors (Lipinski definition) is 1. The van der Waals surface area contributed by atoms with Crippen molar-refractivity contribution < 1.29 is 0 Å². The molecule has 1 aromatic carbocycles. The number of fused-ring (bicyclic) bond motifs is 1. The summed E-state index contributed by atoms with van der Waals surface area (Å²) >= 11 is 13.8. The number of nitrogens with zero attached hydrogens (tertiary/aromatic N) is 3. The summed E-state index contributed by atoms with van der Waals surface area (Å²) in [6.07, 6.45) is 2.68. The summed E-state index contributed by atoms with van der Waals surface area (Å²) in [7, 11) is 0. The van der Waals surface area contributed by atoms with Gasteiger partial charge in [0.2, 0.25) is 0 Å². The second kappa shape index (κ2) is 4.98. The molecule has 1 saturated heterocycles. The molecule has 0 spiro atoms. The van der Waals surface area contributed by atoms with Gasteiger partial charge >= 0.3 is 0 Å². The van der Waals surface area contributed by atoms with E-state index in [1.165, 1.54) is 24.6 Å². The van der Waals surface area contributed by atoms with Crippen molar-refractivity contribution in [2.75, 3.05) is 24.5 Å². The molecule has 0 radical (unpaired) electrons. The Morgan fingerprint density at radius 1 is 1.20 bits per heavy atom. The van der Waals surface area contributed by atoms with Crippen LogP contribution in [-0.2, 0) is 0 Å². The van der Waals surface area contributed by atoms with Gasteiger partial charge in [0.05, 0.1) is 27.5 Å². The van der Waals surface area contributed by atoms with Gasteiger partial charge < -0.3 is 10.2 Å². The molecule has 4 rings (SSSR count). The number of aromatic nitrogens is 2. The van der Waals surface area contributed by atoms with Crippen LogP contribution in [0.15, 0.2) is 6.07 Å². The Kier molecular flexibility index (Phi) is 3.26. The van der Waals surface area contributed by atoms with Crippen LogP contribution in [0, 0.1) is 5.92 Å². The lowest BCUT2D eigenvalue weighted by Crippen LogP contribution is -2.51. The number of anilines is 1. The molecule has 20 heavy (non-hydrogen) atoms. The Morgan fingerprint density at radius 3 is 2.80 bits per heavy atom. The van der Waals surface area contributed by atoms with Gasteiger partial charge in [-0.25, -0.2) is 0 Å². The van der Waals surface area contributed by atoms with Gasteiger partial charge in [-0.05, 0) is 24.8 Å². The lowest BCUT2D eigenvalue weighted by atomic mass is 10.1. The van der Waals surface area contributed by atoms with E-state index in [9.17, 15) is 0 Å². The minimum atomic E-state index is 0.567. The largest absolute Gasteiger partial charge is 0.366 e. The van der Waals surface area contributed by atoms with Crippen molar-refractivity contribution in [2.45, 2.75) is 18.9 Å². The van der Waals surface area contributed by atoms with Gasteiger partial charge in [-0.3, -0.25) is 0 Å². The van der Waals surface area contributed by atoms with Gasteiger partial charge in [0, 0.05) is 25.7 Å². The molecule has 0 amide bonds. The summed E-state index contributed by atoms with van der Waals surface area (Å²) < 4.78 is 8.68. The predicted octanol–water partition coefficient (Wildman–Crippen LogP) is 3.19. The monoisotopic (exact) mass is 328 g/mol. The quantitative estimate of drug-likeness (QED) is 0.919. The van der Waals surface area contributed by atoms with E-state index in [1.54, 1.807) is 6.07 Å². The highest BCUT2D eigenvalue weighted by molar-refractivity contribution is 7.00. The molecule has 1 unspecified atom stereocenters. The number of piperazine rings is 1. The third-order valence-electron chi connectivity index (χ3n) is 4.13. The van der Waals surface area contributed by atoms with Crippen molar-refractivity contribution in [3.63, 3.8) is 0 Å². The summed E-state index contributed by atoms with van der Waals surface area (Å²) in [4.78, 5) is 2.34. The molecule has 0 bridgehead atoms. The smallest absolute Gasteiger partial charge is 0.131 e. The van der Waals surface area contributed by atoms with Crippen molar-refractivity contribution in [3.05, 3.63) is 16.1 Å². The fourth-order valence-electron chi connectivity index (χ4n) is 2.96. The van der Waals surface area contributed by atoms with Crippen LogP contribution in [-0.4, -0.2) is 34.4 Å². The van der Waals surface area contributed by atoms with E-state index in [-0.39, 0.29) is 0 Å². The average molecular weight is 329 g/mol. The number of hydrogen-bond acceptors (Lipinski definition) is 5. The van der Waals surface area contributed by atoms with Gasteiger partial charge in [0.1, 0.15) is 11.0 Å². The molecule has 1 aromatic heterocycles. The number of rotatable bonds is 2. The third-order valence-corrected chi connectivity index (χ3v) is 5.24. The Morgan fingerprint density at radius 2 is 2.00 bits per heavy atom. The zero-order valence-electron chi connectivity index (χ0n) is 10.8. The van der Waals surface area contributed by atoms with Crippen LogP contribution < -0.4 is 10.2 Å². The van der Waals surface area contributed by atoms with Crippen molar-refractivity contribution >= 4 is 51.7 Å². The van der Waals surface area contributed by atoms with E-state index in [0.29, 0.717) is 16.1 Å². The lowest BCUT2D eigenvalue weighted by Gasteiger charge is -2.36. The maximum Gasteiger partial charge on any atom is 0.131 e. The molecule has 2 heterocycles. The Hall–Kier alpha value is -0.620. The SMILES string of the molecule is Clc1cc(Cl)c2nsnc2c1N1CCNC(C2CC2)C1. The topological polar surface area (TPSA) is 41.1 Å². The predicted molar refractivity (Wildman–Crippen MR) is 84.2 cm³/mol. The van der Waals surface area contributed by atoms with Crippen LogP contribution in [0.2, 0.25) is 10.0 Å². The first-order chi connectivity index (χ1) is 9.74. The summed E-state index contributed by atoms with van der Waals surface area (Å²) in [5.74, 6) is 0.827. The summed E-state index contributed by atoms with van der Waals surface area (Å²) in [6.45, 7) is 2.91. The minimum absolute atomic E-state index is 0.567. The van der Waals surface area contributed by atoms with Gasteiger partial charge in [-0.15, -0.1) is 0 Å². The molecule has 1 aliphatic heterocycles. The van der Waals surface area contributed by atoms with E-state index in [4.69, 9.17) is 23.2 Å². The van der Waals surface area contributed by atoms with E-state index in [2.05, 4.69) is 19.0 Å². The first-order valence-corrected chi connectivity index (χ1v) is 8.31. The van der Waals surface area contributed by atoms with E-state index in [1.807, 2.05) is 0 Å². The normalized spacial score (nSPS) is 23.5. The molecular formula is C13H14Cl2N4S. The van der Waals surface area contributed by atoms with Crippen LogP contribution in [0.1, 0.15) is 12.8 Å². The van der Waals surface area contributed by atoms with Crippen molar-refractivity contribution in [1.82, 2.24) is 14.1 Å². The first-order valence-electron chi connectivity index (χ1n) is 6.82. The van der Waals surface area contributed by atoms with Crippen LogP contribution >= 0.6 is 34.9 Å². The standard InChI is InChI=1S/C13H14Cl2N4S/c14-8-5-9(15)13(12-11(8)17-20-18-12)19-4-3-16-10(6-19)7-1-2-7/h5,7,10,16H,1-4,6H2. The summed E-state index contributed by atoms with van der Waals surface area (Å²) in [5.41, 5.74) is 2.59. The van der Waals surface area contributed by atoms with E-state index < -0.39 is 0 Å². The molecule has 106 valence electrons. The zero-order valence-corrected chi connectivity index (χ0v) is 13.1. The highest BCUT2D eigenvalue weighted by Gasteiger charge is 2.35. The second-order valence-corrected chi connectivity index (χ2v) is 6.84. The maximum atomic E-state index is 6.43. The Bertz CT molecular complexity index is 655. The average Bonchev–Trinajstić information content (AvgIpc) is 3.18. The van der Waals surface area contributed by atoms with Gasteiger partial charge in [-0.2, -0.15) is 8.75 Å². The number of benzene rings is 1. The zero-order chi connectivity index (χ0) is 13.7. The summed E-state index contributed by atoms with van der Waals surface area (Å²) in [6, 6.07) is 2.35. The van der Waals surface area contributed by atoms with Crippen LogP contribution in [0.5, 0.6) is 0 Å². The van der Waals surface area contributed by atoms with Crippen LogP contribution in [0.25, 0.3) is 11.0 Å². The fourth-order valence-corrected chi connectivity index (χ4v) is 4.18. The van der Waals surface area contributed by atoms with Gasteiger partial charge in [0.25, 0.3) is 0 Å². The summed E-state index contributed by atoms with van der Waals surface area (Å²) in [5, 5.41) is 4.86. The number of nitrogens with one attached hydrogen (secondary N) is 1. The van der Waals surface area contributed by atoms with Crippen molar-refractivity contribution in [2.24, 2.45) is 5.92 Å². The molecule has 1 atom stereocenters. The molecule has 1 saturated carbocycles. The van der Waals surface area contributed by atoms with Gasteiger partial charge in [0.15, 0.2) is 0 Å². The molecule has 2 aliphatic rings.